The van der Waals surface area contributed by atoms with Gasteiger partial charge in [-0.1, -0.05) is 13.8 Å². The van der Waals surface area contributed by atoms with E-state index in [4.69, 9.17) is 5.11 Å². The molecular formula is C10H16BrNO3S2. The third kappa shape index (κ3) is 3.51. The molecule has 1 N–H and O–H groups in total. The summed E-state index contributed by atoms with van der Waals surface area (Å²) in [4.78, 5) is 0.864. The molecule has 17 heavy (non-hydrogen) atoms. The predicted molar refractivity (Wildman–Crippen MR) is 72.6 cm³/mol. The van der Waals surface area contributed by atoms with Gasteiger partial charge in [-0.2, -0.15) is 0 Å². The Labute approximate surface area is 114 Å². The zero-order valence-electron chi connectivity index (χ0n) is 9.97. The van der Waals surface area contributed by atoms with Gasteiger partial charge >= 0.3 is 0 Å². The van der Waals surface area contributed by atoms with Crippen LogP contribution in [0, 0.1) is 5.92 Å². The van der Waals surface area contributed by atoms with Gasteiger partial charge in [0.15, 0.2) is 0 Å². The first-order valence-electron chi connectivity index (χ1n) is 5.14. The van der Waals surface area contributed by atoms with Crippen LogP contribution in [-0.4, -0.2) is 31.4 Å². The highest BCUT2D eigenvalue weighted by atomic mass is 79.9. The van der Waals surface area contributed by atoms with Crippen LogP contribution >= 0.6 is 27.3 Å². The van der Waals surface area contributed by atoms with Gasteiger partial charge in [0.05, 0.1) is 10.4 Å². The summed E-state index contributed by atoms with van der Waals surface area (Å²) in [6.45, 7) is 4.26. The number of aliphatic hydroxyl groups excluding tert-OH is 1. The highest BCUT2D eigenvalue weighted by Crippen LogP contribution is 2.33. The molecule has 1 rings (SSSR count). The van der Waals surface area contributed by atoms with Crippen LogP contribution in [-0.2, 0) is 16.6 Å². The molecule has 0 spiro atoms. The minimum atomic E-state index is -3.47. The maximum atomic E-state index is 12.2. The number of aliphatic hydroxyl groups is 1. The molecule has 0 atom stereocenters. The molecule has 7 heteroatoms. The molecule has 0 aliphatic carbocycles. The number of thiophene rings is 1. The maximum absolute atomic E-state index is 12.2. The summed E-state index contributed by atoms with van der Waals surface area (Å²) in [6, 6.07) is 1.51. The molecule has 1 heterocycles. The van der Waals surface area contributed by atoms with E-state index in [2.05, 4.69) is 15.9 Å². The number of hydrogen-bond donors (Lipinski definition) is 1. The molecule has 0 aliphatic rings. The van der Waals surface area contributed by atoms with E-state index in [1.165, 1.54) is 21.7 Å². The van der Waals surface area contributed by atoms with Crippen molar-refractivity contribution in [2.45, 2.75) is 25.3 Å². The Balaban J connectivity index is 3.08. The molecule has 1 aromatic rings. The first-order valence-corrected chi connectivity index (χ1v) is 8.19. The van der Waals surface area contributed by atoms with E-state index >= 15 is 0 Å². The fraction of sp³-hybridized carbons (Fsp3) is 0.600. The van der Waals surface area contributed by atoms with Crippen molar-refractivity contribution in [3.63, 3.8) is 0 Å². The lowest BCUT2D eigenvalue weighted by Gasteiger charge is -2.18. The second-order valence-corrected chi connectivity index (χ2v) is 8.66. The summed E-state index contributed by atoms with van der Waals surface area (Å²) in [6.07, 6.45) is 0. The molecular weight excluding hydrogens is 326 g/mol. The molecule has 4 nitrogen and oxygen atoms in total. The summed E-state index contributed by atoms with van der Waals surface area (Å²) >= 11 is 4.47. The van der Waals surface area contributed by atoms with Crippen molar-refractivity contribution in [1.29, 1.82) is 0 Å². The van der Waals surface area contributed by atoms with Crippen LogP contribution in [0.3, 0.4) is 0 Å². The Morgan fingerprint density at radius 1 is 1.53 bits per heavy atom. The number of nitrogens with zero attached hydrogens (tertiary/aromatic N) is 1. The van der Waals surface area contributed by atoms with E-state index in [9.17, 15) is 8.42 Å². The Hall–Kier alpha value is 0.0500. The molecule has 1 aromatic heterocycles. The first kappa shape index (κ1) is 15.1. The summed E-state index contributed by atoms with van der Waals surface area (Å²) in [5.74, 6) is 0.268. The lowest BCUT2D eigenvalue weighted by Crippen LogP contribution is -2.30. The van der Waals surface area contributed by atoms with Gasteiger partial charge in [-0.3, -0.25) is 0 Å². The second kappa shape index (κ2) is 5.79. The molecule has 0 radical (unpaired) electrons. The molecule has 0 bridgehead atoms. The number of hydrogen-bond acceptors (Lipinski definition) is 4. The third-order valence-electron chi connectivity index (χ3n) is 2.17. The topological polar surface area (TPSA) is 57.6 Å². The van der Waals surface area contributed by atoms with Crippen LogP contribution in [0.5, 0.6) is 0 Å². The monoisotopic (exact) mass is 341 g/mol. The van der Waals surface area contributed by atoms with Gasteiger partial charge in [0.2, 0.25) is 10.0 Å². The van der Waals surface area contributed by atoms with Gasteiger partial charge in [0.1, 0.15) is 4.90 Å². The summed E-state index contributed by atoms with van der Waals surface area (Å²) in [7, 11) is -1.90. The van der Waals surface area contributed by atoms with Crippen LogP contribution in [0.4, 0.5) is 0 Å². The predicted octanol–water partition coefficient (Wildman–Crippen LogP) is 2.28. The summed E-state index contributed by atoms with van der Waals surface area (Å²) in [5.41, 5.74) is 0. The molecule has 0 saturated heterocycles. The van der Waals surface area contributed by atoms with E-state index < -0.39 is 10.0 Å². The van der Waals surface area contributed by atoms with Crippen molar-refractivity contribution >= 4 is 37.3 Å². The molecule has 0 unspecified atom stereocenters. The smallest absolute Gasteiger partial charge is 0.244 e. The molecule has 0 aromatic carbocycles. The van der Waals surface area contributed by atoms with Gasteiger partial charge < -0.3 is 5.11 Å². The van der Waals surface area contributed by atoms with Gasteiger partial charge in [-0.15, -0.1) is 11.3 Å². The van der Waals surface area contributed by atoms with E-state index in [1.54, 1.807) is 7.05 Å². The molecule has 0 fully saturated rings. The number of rotatable bonds is 5. The van der Waals surface area contributed by atoms with Crippen molar-refractivity contribution in [1.82, 2.24) is 4.31 Å². The van der Waals surface area contributed by atoms with E-state index in [0.717, 1.165) is 0 Å². The zero-order valence-corrected chi connectivity index (χ0v) is 13.2. The van der Waals surface area contributed by atoms with Crippen molar-refractivity contribution in [2.24, 2.45) is 5.92 Å². The highest BCUT2D eigenvalue weighted by molar-refractivity contribution is 9.11. The minimum absolute atomic E-state index is 0.146. The second-order valence-electron chi connectivity index (χ2n) is 4.19. The SMILES string of the molecule is CC(C)CN(C)S(=O)(=O)c1cc(CO)sc1Br. The van der Waals surface area contributed by atoms with Crippen LogP contribution in [0.2, 0.25) is 0 Å². The van der Waals surface area contributed by atoms with E-state index in [1.807, 2.05) is 13.8 Å². The van der Waals surface area contributed by atoms with Crippen LogP contribution in [0.1, 0.15) is 18.7 Å². The standard InChI is InChI=1S/C10H16BrNO3S2/c1-7(2)5-12(3)17(14,15)9-4-8(6-13)16-10(9)11/h4,7,13H,5-6H2,1-3H3. The van der Waals surface area contributed by atoms with Crippen molar-refractivity contribution in [3.05, 3.63) is 14.7 Å². The maximum Gasteiger partial charge on any atom is 0.244 e. The highest BCUT2D eigenvalue weighted by Gasteiger charge is 2.25. The third-order valence-corrected chi connectivity index (χ3v) is 6.23. The molecule has 0 saturated carbocycles. The fourth-order valence-electron chi connectivity index (χ4n) is 1.43. The molecule has 0 amide bonds. The Kier molecular flexibility index (Phi) is 5.15. The van der Waals surface area contributed by atoms with Crippen molar-refractivity contribution < 1.29 is 13.5 Å². The van der Waals surface area contributed by atoms with Crippen LogP contribution < -0.4 is 0 Å². The number of sulfonamides is 1. The first-order chi connectivity index (χ1) is 7.78. The average Bonchev–Trinajstić information content (AvgIpc) is 2.59. The van der Waals surface area contributed by atoms with Gasteiger partial charge in [-0.25, -0.2) is 12.7 Å². The quantitative estimate of drug-likeness (QED) is 0.893. The van der Waals surface area contributed by atoms with Gasteiger partial charge in [-0.05, 0) is 27.9 Å². The lowest BCUT2D eigenvalue weighted by atomic mass is 10.2. The normalized spacial score (nSPS) is 12.6. The van der Waals surface area contributed by atoms with E-state index in [-0.39, 0.29) is 17.4 Å². The summed E-state index contributed by atoms with van der Waals surface area (Å²) in [5, 5.41) is 9.01. The molecule has 98 valence electrons. The van der Waals surface area contributed by atoms with Gasteiger partial charge in [0.25, 0.3) is 0 Å². The lowest BCUT2D eigenvalue weighted by molar-refractivity contribution is 0.285. The van der Waals surface area contributed by atoms with Gasteiger partial charge in [0, 0.05) is 18.5 Å². The zero-order chi connectivity index (χ0) is 13.2. The molecule has 0 aliphatic heterocycles. The Morgan fingerprint density at radius 3 is 2.53 bits per heavy atom. The summed E-state index contributed by atoms with van der Waals surface area (Å²) < 4.78 is 26.4. The fourth-order valence-corrected chi connectivity index (χ4v) is 5.25. The van der Waals surface area contributed by atoms with Crippen LogP contribution in [0.25, 0.3) is 0 Å². The van der Waals surface area contributed by atoms with Crippen molar-refractivity contribution in [3.8, 4) is 0 Å². The Morgan fingerprint density at radius 2 is 2.12 bits per heavy atom. The van der Waals surface area contributed by atoms with E-state index in [0.29, 0.717) is 15.2 Å². The average molecular weight is 342 g/mol. The number of halogens is 1. The van der Waals surface area contributed by atoms with Crippen LogP contribution in [0.15, 0.2) is 14.7 Å². The largest absolute Gasteiger partial charge is 0.391 e. The van der Waals surface area contributed by atoms with Crippen molar-refractivity contribution in [2.75, 3.05) is 13.6 Å². The minimum Gasteiger partial charge on any atom is -0.391 e. The Bertz CT molecular complexity index is 482.